The zero-order chi connectivity index (χ0) is 18.7. The first kappa shape index (κ1) is 18.9. The van der Waals surface area contributed by atoms with Gasteiger partial charge >= 0.3 is 0 Å². The summed E-state index contributed by atoms with van der Waals surface area (Å²) < 4.78 is 0.893. The molecule has 0 aliphatic carbocycles. The molecule has 0 radical (unpaired) electrons. The second-order valence-electron chi connectivity index (χ2n) is 5.79. The highest BCUT2D eigenvalue weighted by molar-refractivity contribution is 14.1. The number of rotatable bonds is 6. The average Bonchev–Trinajstić information content (AvgIpc) is 2.89. The molecular formula is C19H17IN2O3S. The lowest BCUT2D eigenvalue weighted by Crippen LogP contribution is -2.47. The summed E-state index contributed by atoms with van der Waals surface area (Å²) in [6.07, 6.45) is 2.33. The fourth-order valence-corrected chi connectivity index (χ4v) is 3.86. The van der Waals surface area contributed by atoms with Gasteiger partial charge in [0.1, 0.15) is 6.04 Å². The molecule has 0 fully saturated rings. The van der Waals surface area contributed by atoms with E-state index in [2.05, 4.69) is 27.9 Å². The van der Waals surface area contributed by atoms with Gasteiger partial charge < -0.3 is 5.32 Å². The third kappa shape index (κ3) is 3.64. The molecule has 1 aliphatic heterocycles. The minimum atomic E-state index is -0.842. The molecule has 1 unspecified atom stereocenters. The van der Waals surface area contributed by atoms with E-state index in [1.807, 2.05) is 24.5 Å². The molecule has 0 spiro atoms. The number of anilines is 1. The lowest BCUT2D eigenvalue weighted by molar-refractivity contribution is -0.120. The minimum Gasteiger partial charge on any atom is -0.323 e. The van der Waals surface area contributed by atoms with Crippen molar-refractivity contribution in [1.82, 2.24) is 4.90 Å². The van der Waals surface area contributed by atoms with Gasteiger partial charge in [-0.05, 0) is 65.3 Å². The summed E-state index contributed by atoms with van der Waals surface area (Å²) in [5.41, 5.74) is 1.38. The fraction of sp³-hybridized carbons (Fsp3) is 0.211. The summed E-state index contributed by atoms with van der Waals surface area (Å²) in [5.74, 6) is -0.501. The largest absolute Gasteiger partial charge is 0.323 e. The molecule has 1 atom stereocenters. The number of benzene rings is 2. The molecule has 2 aromatic carbocycles. The molecule has 0 aromatic heterocycles. The van der Waals surface area contributed by atoms with Gasteiger partial charge in [0.15, 0.2) is 0 Å². The number of thioether (sulfide) groups is 1. The standard InChI is InChI=1S/C19H17IN2O3S/c1-26-11-10-16(17(23)21-15-9-5-4-8-14(15)20)22-18(24)12-6-2-3-7-13(12)19(22)25/h2-9,16H,10-11H2,1H3,(H,21,23). The van der Waals surface area contributed by atoms with Gasteiger partial charge in [-0.3, -0.25) is 19.3 Å². The molecule has 134 valence electrons. The van der Waals surface area contributed by atoms with Crippen LogP contribution < -0.4 is 5.32 Å². The van der Waals surface area contributed by atoms with Gasteiger partial charge in [0.05, 0.1) is 16.8 Å². The fourth-order valence-electron chi connectivity index (χ4n) is 2.88. The number of fused-ring (bicyclic) bond motifs is 1. The van der Waals surface area contributed by atoms with Crippen LogP contribution in [0.4, 0.5) is 5.69 Å². The minimum absolute atomic E-state index is 0.349. The maximum Gasteiger partial charge on any atom is 0.262 e. The molecule has 5 nitrogen and oxygen atoms in total. The van der Waals surface area contributed by atoms with Gasteiger partial charge in [0.2, 0.25) is 5.91 Å². The highest BCUT2D eigenvalue weighted by atomic mass is 127. The number of amides is 3. The van der Waals surface area contributed by atoms with E-state index in [9.17, 15) is 14.4 Å². The van der Waals surface area contributed by atoms with Crippen LogP contribution in [0.3, 0.4) is 0 Å². The summed E-state index contributed by atoms with van der Waals surface area (Å²) in [4.78, 5) is 39.5. The number of nitrogens with one attached hydrogen (secondary N) is 1. The van der Waals surface area contributed by atoms with Crippen LogP contribution in [-0.2, 0) is 4.79 Å². The van der Waals surface area contributed by atoms with Crippen molar-refractivity contribution < 1.29 is 14.4 Å². The number of imide groups is 1. The van der Waals surface area contributed by atoms with E-state index in [0.29, 0.717) is 29.0 Å². The van der Waals surface area contributed by atoms with E-state index >= 15 is 0 Å². The number of carbonyl (C=O) groups excluding carboxylic acids is 3. The molecule has 0 bridgehead atoms. The van der Waals surface area contributed by atoms with Crippen molar-refractivity contribution in [2.75, 3.05) is 17.3 Å². The van der Waals surface area contributed by atoms with E-state index in [-0.39, 0.29) is 5.91 Å². The van der Waals surface area contributed by atoms with Crippen molar-refractivity contribution >= 4 is 57.8 Å². The maximum absolute atomic E-state index is 12.9. The molecule has 3 rings (SSSR count). The average molecular weight is 480 g/mol. The second kappa shape index (κ2) is 8.22. The van der Waals surface area contributed by atoms with Crippen LogP contribution in [0, 0.1) is 3.57 Å². The maximum atomic E-state index is 12.9. The van der Waals surface area contributed by atoms with Crippen molar-refractivity contribution in [3.63, 3.8) is 0 Å². The topological polar surface area (TPSA) is 66.5 Å². The predicted molar refractivity (Wildman–Crippen MR) is 112 cm³/mol. The van der Waals surface area contributed by atoms with Crippen LogP contribution in [0.1, 0.15) is 27.1 Å². The van der Waals surface area contributed by atoms with Crippen LogP contribution in [-0.4, -0.2) is 40.7 Å². The third-order valence-corrected chi connectivity index (χ3v) is 5.75. The molecule has 1 N–H and O–H groups in total. The number of halogens is 1. The van der Waals surface area contributed by atoms with Crippen molar-refractivity contribution in [2.24, 2.45) is 0 Å². The number of nitrogens with zero attached hydrogens (tertiary/aromatic N) is 1. The molecule has 0 saturated carbocycles. The smallest absolute Gasteiger partial charge is 0.262 e. The molecule has 0 saturated heterocycles. The Kier molecular flexibility index (Phi) is 5.98. The molecule has 1 heterocycles. The quantitative estimate of drug-likeness (QED) is 0.507. The summed E-state index contributed by atoms with van der Waals surface area (Å²) in [7, 11) is 0. The van der Waals surface area contributed by atoms with E-state index in [1.54, 1.807) is 42.1 Å². The van der Waals surface area contributed by atoms with Crippen LogP contribution in [0.15, 0.2) is 48.5 Å². The molecule has 26 heavy (non-hydrogen) atoms. The van der Waals surface area contributed by atoms with Crippen molar-refractivity contribution in [2.45, 2.75) is 12.5 Å². The number of carbonyl (C=O) groups is 3. The van der Waals surface area contributed by atoms with Gasteiger partial charge in [-0.25, -0.2) is 0 Å². The molecule has 1 aliphatic rings. The zero-order valence-corrected chi connectivity index (χ0v) is 17.0. The summed E-state index contributed by atoms with van der Waals surface area (Å²) >= 11 is 3.71. The Bertz CT molecular complexity index is 836. The number of para-hydroxylation sites is 1. The Hall–Kier alpha value is -1.87. The van der Waals surface area contributed by atoms with E-state index in [0.717, 1.165) is 8.47 Å². The summed E-state index contributed by atoms with van der Waals surface area (Å²) in [5, 5.41) is 2.86. The lowest BCUT2D eigenvalue weighted by Gasteiger charge is -2.25. The van der Waals surface area contributed by atoms with Gasteiger partial charge in [0.25, 0.3) is 11.8 Å². The van der Waals surface area contributed by atoms with E-state index in [1.165, 1.54) is 0 Å². The number of hydrogen-bond donors (Lipinski definition) is 1. The van der Waals surface area contributed by atoms with E-state index < -0.39 is 17.9 Å². The Labute approximate surface area is 169 Å². The Morgan fingerprint density at radius 1 is 1.08 bits per heavy atom. The lowest BCUT2D eigenvalue weighted by atomic mass is 10.1. The molecule has 2 aromatic rings. The second-order valence-corrected chi connectivity index (χ2v) is 7.94. The molecular weight excluding hydrogens is 463 g/mol. The zero-order valence-electron chi connectivity index (χ0n) is 14.1. The predicted octanol–water partition coefficient (Wildman–Crippen LogP) is 3.65. The SMILES string of the molecule is CSCCC(C(=O)Nc1ccccc1I)N1C(=O)c2ccccc2C1=O. The molecule has 7 heteroatoms. The van der Waals surface area contributed by atoms with Crippen LogP contribution in [0.2, 0.25) is 0 Å². The van der Waals surface area contributed by atoms with Crippen molar-refractivity contribution in [3.8, 4) is 0 Å². The monoisotopic (exact) mass is 480 g/mol. The highest BCUT2D eigenvalue weighted by Gasteiger charge is 2.42. The van der Waals surface area contributed by atoms with Gasteiger partial charge in [-0.1, -0.05) is 24.3 Å². The third-order valence-electron chi connectivity index (χ3n) is 4.17. The van der Waals surface area contributed by atoms with Gasteiger partial charge in [-0.15, -0.1) is 0 Å². The van der Waals surface area contributed by atoms with Crippen LogP contribution >= 0.6 is 34.4 Å². The normalized spacial score (nSPS) is 14.3. The first-order chi connectivity index (χ1) is 12.5. The first-order valence-electron chi connectivity index (χ1n) is 8.06. The van der Waals surface area contributed by atoms with Crippen LogP contribution in [0.25, 0.3) is 0 Å². The highest BCUT2D eigenvalue weighted by Crippen LogP contribution is 2.27. The van der Waals surface area contributed by atoms with Crippen molar-refractivity contribution in [1.29, 1.82) is 0 Å². The molecule has 3 amide bonds. The van der Waals surface area contributed by atoms with E-state index in [4.69, 9.17) is 0 Å². The summed E-state index contributed by atoms with van der Waals surface area (Å²) in [6.45, 7) is 0. The number of hydrogen-bond acceptors (Lipinski definition) is 4. The Morgan fingerprint density at radius 2 is 1.65 bits per heavy atom. The Balaban J connectivity index is 1.89. The van der Waals surface area contributed by atoms with Gasteiger partial charge in [0, 0.05) is 3.57 Å². The summed E-state index contributed by atoms with van der Waals surface area (Å²) in [6, 6.07) is 13.2. The Morgan fingerprint density at radius 3 is 2.23 bits per heavy atom. The first-order valence-corrected chi connectivity index (χ1v) is 10.5. The van der Waals surface area contributed by atoms with Gasteiger partial charge in [-0.2, -0.15) is 11.8 Å². The van der Waals surface area contributed by atoms with Crippen molar-refractivity contribution in [3.05, 3.63) is 63.2 Å². The van der Waals surface area contributed by atoms with Crippen LogP contribution in [0.5, 0.6) is 0 Å².